The predicted octanol–water partition coefficient (Wildman–Crippen LogP) is 1.54. The van der Waals surface area contributed by atoms with Gasteiger partial charge in [-0.05, 0) is 31.9 Å². The number of para-hydroxylation sites is 1. The maximum absolute atomic E-state index is 12.1. The molecule has 0 bridgehead atoms. The number of benzene rings is 1. The molecule has 22 heavy (non-hydrogen) atoms. The molecule has 0 saturated heterocycles. The highest BCUT2D eigenvalue weighted by molar-refractivity contribution is 6.40. The molecule has 0 aliphatic rings. The van der Waals surface area contributed by atoms with E-state index in [0.29, 0.717) is 17.8 Å². The second kappa shape index (κ2) is 8.17. The van der Waals surface area contributed by atoms with Crippen molar-refractivity contribution in [1.29, 1.82) is 0 Å². The van der Waals surface area contributed by atoms with Gasteiger partial charge in [-0.2, -0.15) is 0 Å². The zero-order valence-corrected chi connectivity index (χ0v) is 13.4. The van der Waals surface area contributed by atoms with Crippen LogP contribution in [0.5, 0.6) is 0 Å². The third-order valence-corrected chi connectivity index (χ3v) is 2.72. The van der Waals surface area contributed by atoms with Crippen LogP contribution < -0.4 is 16.0 Å². The molecule has 0 spiro atoms. The zero-order valence-electron chi connectivity index (χ0n) is 13.4. The fourth-order valence-corrected chi connectivity index (χ4v) is 1.69. The van der Waals surface area contributed by atoms with Crippen molar-refractivity contribution in [2.75, 3.05) is 11.9 Å². The molecular formula is C16H23N3O3. The van der Waals surface area contributed by atoms with E-state index in [0.717, 1.165) is 0 Å². The van der Waals surface area contributed by atoms with Crippen molar-refractivity contribution in [3.05, 3.63) is 29.8 Å². The maximum Gasteiger partial charge on any atom is 0.313 e. The lowest BCUT2D eigenvalue weighted by molar-refractivity contribution is -0.136. The molecule has 0 unspecified atom stereocenters. The van der Waals surface area contributed by atoms with Gasteiger partial charge in [-0.15, -0.1) is 0 Å². The molecule has 3 amide bonds. The quantitative estimate of drug-likeness (QED) is 0.721. The van der Waals surface area contributed by atoms with Crippen molar-refractivity contribution in [3.63, 3.8) is 0 Å². The molecular weight excluding hydrogens is 282 g/mol. The molecule has 0 atom stereocenters. The SMILES string of the molecule is CC(C)CNC(=O)C(=O)Nc1ccccc1C(=O)NC(C)C. The van der Waals surface area contributed by atoms with Crippen LogP contribution in [0.3, 0.4) is 0 Å². The summed E-state index contributed by atoms with van der Waals surface area (Å²) < 4.78 is 0. The Morgan fingerprint density at radius 1 is 1.00 bits per heavy atom. The number of hydrogen-bond acceptors (Lipinski definition) is 3. The maximum atomic E-state index is 12.1. The van der Waals surface area contributed by atoms with Gasteiger partial charge in [-0.3, -0.25) is 14.4 Å². The van der Waals surface area contributed by atoms with Crippen LogP contribution in [0.1, 0.15) is 38.1 Å². The summed E-state index contributed by atoms with van der Waals surface area (Å²) in [6.45, 7) is 7.98. The standard InChI is InChI=1S/C16H23N3O3/c1-10(2)9-17-15(21)16(22)19-13-8-6-5-7-12(13)14(20)18-11(3)4/h5-8,10-11H,9H2,1-4H3,(H,17,21)(H,18,20)(H,19,22). The van der Waals surface area contributed by atoms with Crippen LogP contribution in [0.25, 0.3) is 0 Å². The molecule has 1 aromatic carbocycles. The van der Waals surface area contributed by atoms with Crippen molar-refractivity contribution in [3.8, 4) is 0 Å². The van der Waals surface area contributed by atoms with Crippen LogP contribution in [0.15, 0.2) is 24.3 Å². The third-order valence-electron chi connectivity index (χ3n) is 2.72. The molecule has 6 heteroatoms. The topological polar surface area (TPSA) is 87.3 Å². The molecule has 3 N–H and O–H groups in total. The molecule has 0 aliphatic heterocycles. The van der Waals surface area contributed by atoms with Crippen LogP contribution in [0, 0.1) is 5.92 Å². The van der Waals surface area contributed by atoms with Gasteiger partial charge in [0.1, 0.15) is 0 Å². The lowest BCUT2D eigenvalue weighted by Gasteiger charge is -2.13. The van der Waals surface area contributed by atoms with E-state index >= 15 is 0 Å². The van der Waals surface area contributed by atoms with Gasteiger partial charge in [0.25, 0.3) is 5.91 Å². The Kier molecular flexibility index (Phi) is 6.56. The van der Waals surface area contributed by atoms with Gasteiger partial charge in [0.05, 0.1) is 11.3 Å². The van der Waals surface area contributed by atoms with Crippen molar-refractivity contribution in [2.24, 2.45) is 5.92 Å². The average Bonchev–Trinajstić information content (AvgIpc) is 2.44. The summed E-state index contributed by atoms with van der Waals surface area (Å²) in [5.41, 5.74) is 0.631. The highest BCUT2D eigenvalue weighted by Gasteiger charge is 2.18. The van der Waals surface area contributed by atoms with E-state index in [1.165, 1.54) is 0 Å². The van der Waals surface area contributed by atoms with E-state index in [1.54, 1.807) is 24.3 Å². The fourth-order valence-electron chi connectivity index (χ4n) is 1.69. The van der Waals surface area contributed by atoms with Crippen molar-refractivity contribution in [1.82, 2.24) is 10.6 Å². The summed E-state index contributed by atoms with van der Waals surface area (Å²) in [6, 6.07) is 6.55. The molecule has 120 valence electrons. The monoisotopic (exact) mass is 305 g/mol. The normalized spacial score (nSPS) is 10.5. The average molecular weight is 305 g/mol. The number of carbonyl (C=O) groups is 3. The van der Waals surface area contributed by atoms with E-state index in [9.17, 15) is 14.4 Å². The smallest absolute Gasteiger partial charge is 0.313 e. The Morgan fingerprint density at radius 3 is 2.23 bits per heavy atom. The first kappa shape index (κ1) is 17.7. The van der Waals surface area contributed by atoms with Crippen LogP contribution in [-0.2, 0) is 9.59 Å². The minimum absolute atomic E-state index is 0.0226. The molecule has 1 aromatic rings. The zero-order chi connectivity index (χ0) is 16.7. The van der Waals surface area contributed by atoms with Gasteiger partial charge < -0.3 is 16.0 Å². The number of anilines is 1. The van der Waals surface area contributed by atoms with E-state index < -0.39 is 11.8 Å². The molecule has 0 aliphatic carbocycles. The molecule has 0 heterocycles. The predicted molar refractivity (Wildman–Crippen MR) is 85.5 cm³/mol. The van der Waals surface area contributed by atoms with Gasteiger partial charge in [-0.25, -0.2) is 0 Å². The van der Waals surface area contributed by atoms with Crippen LogP contribution in [-0.4, -0.2) is 30.3 Å². The van der Waals surface area contributed by atoms with E-state index in [1.807, 2.05) is 27.7 Å². The Bertz CT molecular complexity index is 553. The van der Waals surface area contributed by atoms with E-state index in [-0.39, 0.29) is 17.9 Å². The number of rotatable bonds is 5. The molecule has 0 aromatic heterocycles. The van der Waals surface area contributed by atoms with Gasteiger partial charge in [0.15, 0.2) is 0 Å². The number of amides is 3. The van der Waals surface area contributed by atoms with Gasteiger partial charge >= 0.3 is 11.8 Å². The Balaban J connectivity index is 2.79. The molecule has 0 radical (unpaired) electrons. The summed E-state index contributed by atoms with van der Waals surface area (Å²) in [5, 5.41) is 7.76. The van der Waals surface area contributed by atoms with E-state index in [2.05, 4.69) is 16.0 Å². The largest absolute Gasteiger partial charge is 0.350 e. The minimum atomic E-state index is -0.787. The summed E-state index contributed by atoms with van der Waals surface area (Å²) in [4.78, 5) is 35.6. The van der Waals surface area contributed by atoms with Crippen LogP contribution >= 0.6 is 0 Å². The first-order valence-electron chi connectivity index (χ1n) is 7.30. The number of hydrogen-bond donors (Lipinski definition) is 3. The summed E-state index contributed by atoms with van der Waals surface area (Å²) in [7, 11) is 0. The number of carbonyl (C=O) groups excluding carboxylic acids is 3. The van der Waals surface area contributed by atoms with Gasteiger partial charge in [0, 0.05) is 12.6 Å². The van der Waals surface area contributed by atoms with Crippen molar-refractivity contribution in [2.45, 2.75) is 33.7 Å². The molecule has 0 saturated carbocycles. The van der Waals surface area contributed by atoms with Crippen molar-refractivity contribution >= 4 is 23.4 Å². The Hall–Kier alpha value is -2.37. The van der Waals surface area contributed by atoms with Gasteiger partial charge in [0.2, 0.25) is 0 Å². The summed E-state index contributed by atoms with van der Waals surface area (Å²) >= 11 is 0. The first-order chi connectivity index (χ1) is 10.3. The third kappa shape index (κ3) is 5.55. The van der Waals surface area contributed by atoms with E-state index in [4.69, 9.17) is 0 Å². The van der Waals surface area contributed by atoms with Gasteiger partial charge in [-0.1, -0.05) is 26.0 Å². The van der Waals surface area contributed by atoms with Crippen LogP contribution in [0.4, 0.5) is 5.69 Å². The highest BCUT2D eigenvalue weighted by atomic mass is 16.2. The lowest BCUT2D eigenvalue weighted by Crippen LogP contribution is -2.38. The first-order valence-corrected chi connectivity index (χ1v) is 7.30. The Morgan fingerprint density at radius 2 is 1.64 bits per heavy atom. The second-order valence-corrected chi connectivity index (χ2v) is 5.73. The lowest BCUT2D eigenvalue weighted by atomic mass is 10.1. The molecule has 0 fully saturated rings. The minimum Gasteiger partial charge on any atom is -0.350 e. The second-order valence-electron chi connectivity index (χ2n) is 5.73. The van der Waals surface area contributed by atoms with Crippen molar-refractivity contribution < 1.29 is 14.4 Å². The summed E-state index contributed by atoms with van der Waals surface area (Å²) in [5.74, 6) is -1.55. The number of nitrogens with one attached hydrogen (secondary N) is 3. The van der Waals surface area contributed by atoms with Crippen LogP contribution in [0.2, 0.25) is 0 Å². The Labute approximate surface area is 130 Å². The molecule has 6 nitrogen and oxygen atoms in total. The fraction of sp³-hybridized carbons (Fsp3) is 0.438. The summed E-state index contributed by atoms with van der Waals surface area (Å²) in [6.07, 6.45) is 0. The highest BCUT2D eigenvalue weighted by Crippen LogP contribution is 2.15. The molecule has 1 rings (SSSR count).